The molecule has 0 N–H and O–H groups in total. The summed E-state index contributed by atoms with van der Waals surface area (Å²) in [6.07, 6.45) is 9.22. The van der Waals surface area contributed by atoms with Gasteiger partial charge in [0, 0.05) is 0 Å². The summed E-state index contributed by atoms with van der Waals surface area (Å²) < 4.78 is 0. The van der Waals surface area contributed by atoms with Gasteiger partial charge in [-0.15, -0.1) is 0 Å². The molecule has 0 heterocycles. The zero-order valence-corrected chi connectivity index (χ0v) is 24.0. The predicted octanol–water partition coefficient (Wildman–Crippen LogP) is 11.1. The van der Waals surface area contributed by atoms with Gasteiger partial charge >= 0.3 is 0 Å². The average molecular weight is 499 g/mol. The molecule has 38 heavy (non-hydrogen) atoms. The third-order valence-corrected chi connectivity index (χ3v) is 7.51. The van der Waals surface area contributed by atoms with Crippen molar-refractivity contribution in [1.29, 1.82) is 0 Å². The summed E-state index contributed by atoms with van der Waals surface area (Å²) in [4.78, 5) is 0. The Labute approximate surface area is 230 Å². The fourth-order valence-corrected chi connectivity index (χ4v) is 5.28. The zero-order valence-electron chi connectivity index (χ0n) is 24.0. The Bertz CT molecular complexity index is 1430. The summed E-state index contributed by atoms with van der Waals surface area (Å²) in [5.41, 5.74) is 13.3. The number of hydrogen-bond acceptors (Lipinski definition) is 0. The van der Waals surface area contributed by atoms with Crippen molar-refractivity contribution in [2.24, 2.45) is 5.92 Å². The van der Waals surface area contributed by atoms with Crippen LogP contribution in [0.1, 0.15) is 67.3 Å². The Morgan fingerprint density at radius 2 is 1.39 bits per heavy atom. The summed E-state index contributed by atoms with van der Waals surface area (Å²) in [5, 5.41) is 0. The van der Waals surface area contributed by atoms with Crippen LogP contribution >= 0.6 is 0 Å². The predicted molar refractivity (Wildman–Crippen MR) is 168 cm³/mol. The maximum absolute atomic E-state index is 2.44. The van der Waals surface area contributed by atoms with Crippen molar-refractivity contribution in [2.75, 3.05) is 0 Å². The lowest BCUT2D eigenvalue weighted by atomic mass is 9.87. The van der Waals surface area contributed by atoms with Gasteiger partial charge in [-0.25, -0.2) is 0 Å². The van der Waals surface area contributed by atoms with Gasteiger partial charge in [-0.05, 0) is 102 Å². The highest BCUT2D eigenvalue weighted by molar-refractivity contribution is 5.78. The molecule has 0 heteroatoms. The molecule has 1 unspecified atom stereocenters. The van der Waals surface area contributed by atoms with Crippen molar-refractivity contribution in [1.82, 2.24) is 0 Å². The van der Waals surface area contributed by atoms with Crippen molar-refractivity contribution >= 4 is 5.57 Å². The standard InChI is InChI=1S/C38H42/c1-27(2)23-24-32(34-18-11-19-35(26-34)33-17-9-13-28(3)25-33)16-10-15-29(4)36-21-12-22-38(31(36)6)37-20-8-7-14-30(37)5/h7-9,11-14,16-27,29H,10,15H2,1-6H3/b24-23-,32-16+. The van der Waals surface area contributed by atoms with Gasteiger partial charge < -0.3 is 0 Å². The van der Waals surface area contributed by atoms with E-state index in [2.05, 4.69) is 151 Å². The Balaban J connectivity index is 1.57. The molecule has 0 spiro atoms. The molecule has 0 amide bonds. The summed E-state index contributed by atoms with van der Waals surface area (Å²) in [6.45, 7) is 13.5. The van der Waals surface area contributed by atoms with Crippen molar-refractivity contribution in [3.8, 4) is 22.3 Å². The van der Waals surface area contributed by atoms with Crippen LogP contribution in [0.5, 0.6) is 0 Å². The highest BCUT2D eigenvalue weighted by Gasteiger charge is 2.13. The minimum absolute atomic E-state index is 0.490. The number of rotatable bonds is 9. The van der Waals surface area contributed by atoms with E-state index in [1.807, 2.05) is 0 Å². The first-order valence-electron chi connectivity index (χ1n) is 14.0. The van der Waals surface area contributed by atoms with Gasteiger partial charge in [0.1, 0.15) is 0 Å². The van der Waals surface area contributed by atoms with Crippen molar-refractivity contribution in [2.45, 2.75) is 60.3 Å². The van der Waals surface area contributed by atoms with Gasteiger partial charge in [0.15, 0.2) is 0 Å². The molecule has 0 saturated heterocycles. The summed E-state index contributed by atoms with van der Waals surface area (Å²) in [7, 11) is 0. The molecule has 0 aliphatic carbocycles. The topological polar surface area (TPSA) is 0 Å². The minimum atomic E-state index is 0.490. The van der Waals surface area contributed by atoms with Gasteiger partial charge in [0.2, 0.25) is 0 Å². The lowest BCUT2D eigenvalue weighted by molar-refractivity contribution is 0.687. The van der Waals surface area contributed by atoms with E-state index in [-0.39, 0.29) is 0 Å². The van der Waals surface area contributed by atoms with Crippen LogP contribution in [0.15, 0.2) is 109 Å². The third-order valence-electron chi connectivity index (χ3n) is 7.51. The molecule has 4 aromatic carbocycles. The number of allylic oxidation sites excluding steroid dienone is 4. The molecule has 0 bridgehead atoms. The van der Waals surface area contributed by atoms with E-state index in [9.17, 15) is 0 Å². The molecule has 0 nitrogen and oxygen atoms in total. The SMILES string of the molecule is Cc1cccc(-c2cccc(C(/C=C\C(C)C)=C/CCC(C)c3cccc(-c4ccccc4C)c3C)c2)c1. The molecule has 194 valence electrons. The highest BCUT2D eigenvalue weighted by atomic mass is 14.2. The lowest BCUT2D eigenvalue weighted by Gasteiger charge is -2.18. The second-order valence-corrected chi connectivity index (χ2v) is 11.0. The van der Waals surface area contributed by atoms with E-state index >= 15 is 0 Å². The molecule has 0 aliphatic heterocycles. The number of hydrogen-bond donors (Lipinski definition) is 0. The molecule has 0 fully saturated rings. The van der Waals surface area contributed by atoms with Crippen LogP contribution in [-0.4, -0.2) is 0 Å². The first-order valence-corrected chi connectivity index (χ1v) is 14.0. The van der Waals surface area contributed by atoms with E-state index in [4.69, 9.17) is 0 Å². The normalized spacial score (nSPS) is 12.9. The molecule has 4 aromatic rings. The fraction of sp³-hybridized carbons (Fsp3) is 0.263. The van der Waals surface area contributed by atoms with Crippen LogP contribution in [0.3, 0.4) is 0 Å². The Kier molecular flexibility index (Phi) is 9.19. The van der Waals surface area contributed by atoms with Gasteiger partial charge in [-0.3, -0.25) is 0 Å². The molecule has 0 aliphatic rings. The molecule has 4 rings (SSSR count). The first-order chi connectivity index (χ1) is 18.3. The Hall–Kier alpha value is -3.64. The van der Waals surface area contributed by atoms with E-state index in [0.29, 0.717) is 11.8 Å². The van der Waals surface area contributed by atoms with E-state index in [1.54, 1.807) is 0 Å². The number of benzene rings is 4. The van der Waals surface area contributed by atoms with Gasteiger partial charge in [0.25, 0.3) is 0 Å². The van der Waals surface area contributed by atoms with Crippen molar-refractivity contribution in [3.63, 3.8) is 0 Å². The van der Waals surface area contributed by atoms with Crippen LogP contribution in [0.25, 0.3) is 27.8 Å². The maximum Gasteiger partial charge on any atom is -0.0149 e. The molecular weight excluding hydrogens is 456 g/mol. The molecule has 0 saturated carbocycles. The second kappa shape index (κ2) is 12.7. The Morgan fingerprint density at radius 1 is 0.711 bits per heavy atom. The van der Waals surface area contributed by atoms with E-state index < -0.39 is 0 Å². The van der Waals surface area contributed by atoms with Gasteiger partial charge in [-0.1, -0.05) is 129 Å². The molecular formula is C38H42. The smallest absolute Gasteiger partial charge is 0.0149 e. The summed E-state index contributed by atoms with van der Waals surface area (Å²) in [6, 6.07) is 33.3. The first kappa shape index (κ1) is 27.4. The van der Waals surface area contributed by atoms with Gasteiger partial charge in [-0.2, -0.15) is 0 Å². The van der Waals surface area contributed by atoms with Crippen LogP contribution < -0.4 is 0 Å². The second-order valence-electron chi connectivity index (χ2n) is 11.0. The van der Waals surface area contributed by atoms with E-state index in [1.165, 1.54) is 55.6 Å². The quantitative estimate of drug-likeness (QED) is 0.201. The molecule has 0 aromatic heterocycles. The Morgan fingerprint density at radius 3 is 2.13 bits per heavy atom. The monoisotopic (exact) mass is 498 g/mol. The molecule has 0 radical (unpaired) electrons. The van der Waals surface area contributed by atoms with E-state index in [0.717, 1.165) is 12.8 Å². The van der Waals surface area contributed by atoms with Crippen LogP contribution in [0, 0.1) is 26.7 Å². The maximum atomic E-state index is 2.44. The van der Waals surface area contributed by atoms with Crippen LogP contribution in [0.2, 0.25) is 0 Å². The van der Waals surface area contributed by atoms with Crippen LogP contribution in [0.4, 0.5) is 0 Å². The van der Waals surface area contributed by atoms with Crippen LogP contribution in [-0.2, 0) is 0 Å². The minimum Gasteiger partial charge on any atom is -0.0814 e. The van der Waals surface area contributed by atoms with Gasteiger partial charge in [0.05, 0.1) is 0 Å². The summed E-state index contributed by atoms with van der Waals surface area (Å²) in [5.74, 6) is 1.01. The zero-order chi connectivity index (χ0) is 27.1. The highest BCUT2D eigenvalue weighted by Crippen LogP contribution is 2.33. The van der Waals surface area contributed by atoms with Crippen molar-refractivity contribution < 1.29 is 0 Å². The largest absolute Gasteiger partial charge is 0.0814 e. The average Bonchev–Trinajstić information content (AvgIpc) is 2.91. The van der Waals surface area contributed by atoms with Crippen molar-refractivity contribution in [3.05, 3.63) is 137 Å². The number of aryl methyl sites for hydroxylation is 2. The third kappa shape index (κ3) is 6.81. The summed E-state index contributed by atoms with van der Waals surface area (Å²) >= 11 is 0. The fourth-order valence-electron chi connectivity index (χ4n) is 5.28. The molecule has 1 atom stereocenters. The lowest BCUT2D eigenvalue weighted by Crippen LogP contribution is -1.99.